The van der Waals surface area contributed by atoms with Crippen LogP contribution in [0.15, 0.2) is 65.3 Å². The molecule has 1 heterocycles. The predicted molar refractivity (Wildman–Crippen MR) is 121 cm³/mol. The Bertz CT molecular complexity index is 991. The molecule has 2 amide bonds. The highest BCUT2D eigenvalue weighted by Gasteiger charge is 2.34. The molecule has 0 aliphatic heterocycles. The van der Waals surface area contributed by atoms with Crippen molar-refractivity contribution in [2.75, 3.05) is 13.1 Å². The minimum Gasteiger partial charge on any atom is -0.465 e. The van der Waals surface area contributed by atoms with Crippen LogP contribution in [0.5, 0.6) is 0 Å². The number of amides is 2. The van der Waals surface area contributed by atoms with Crippen molar-refractivity contribution in [1.29, 1.82) is 0 Å². The van der Waals surface area contributed by atoms with Gasteiger partial charge in [0, 0.05) is 23.9 Å². The maximum atomic E-state index is 12.8. The van der Waals surface area contributed by atoms with Crippen LogP contribution in [0.25, 0.3) is 11.0 Å². The zero-order valence-corrected chi connectivity index (χ0v) is 17.9. The van der Waals surface area contributed by atoms with Gasteiger partial charge in [-0.1, -0.05) is 61.7 Å². The maximum absolute atomic E-state index is 12.8. The van der Waals surface area contributed by atoms with Crippen LogP contribution in [0.2, 0.25) is 0 Å². The zero-order valence-electron chi connectivity index (χ0n) is 17.9. The Morgan fingerprint density at radius 1 is 0.968 bits per heavy atom. The van der Waals surface area contributed by atoms with Gasteiger partial charge in [0.1, 0.15) is 5.58 Å². The molecule has 3 aromatic rings. The summed E-state index contributed by atoms with van der Waals surface area (Å²) in [6.07, 6.45) is 6.65. The SMILES string of the molecule is CCNC(=O)O.O=C(NCC1(c2ccccc2)CCCCC1)c1cccc2ccoc12. The second-order valence-electron chi connectivity index (χ2n) is 7.87. The Morgan fingerprint density at radius 2 is 1.71 bits per heavy atom. The topological polar surface area (TPSA) is 91.6 Å². The number of hydrogen-bond acceptors (Lipinski definition) is 3. The molecule has 0 saturated heterocycles. The number of nitrogens with one attached hydrogen (secondary N) is 2. The second-order valence-corrected chi connectivity index (χ2v) is 7.87. The van der Waals surface area contributed by atoms with Crippen LogP contribution in [0, 0.1) is 0 Å². The summed E-state index contributed by atoms with van der Waals surface area (Å²) in [5, 5.41) is 14.1. The summed E-state index contributed by atoms with van der Waals surface area (Å²) in [6.45, 7) is 2.89. The Kier molecular flexibility index (Phi) is 7.70. The van der Waals surface area contributed by atoms with Gasteiger partial charge in [-0.05, 0) is 37.5 Å². The molecule has 3 N–H and O–H groups in total. The van der Waals surface area contributed by atoms with Gasteiger partial charge in [0.15, 0.2) is 0 Å². The van der Waals surface area contributed by atoms with E-state index in [1.165, 1.54) is 24.8 Å². The lowest BCUT2D eigenvalue weighted by Crippen LogP contribution is -2.42. The molecule has 6 heteroatoms. The van der Waals surface area contributed by atoms with E-state index in [9.17, 15) is 9.59 Å². The van der Waals surface area contributed by atoms with Gasteiger partial charge in [-0.15, -0.1) is 0 Å². The number of carbonyl (C=O) groups excluding carboxylic acids is 1. The molecule has 1 fully saturated rings. The monoisotopic (exact) mass is 422 g/mol. The number of rotatable bonds is 5. The minimum absolute atomic E-state index is 0.0478. The molecular weight excluding hydrogens is 392 g/mol. The van der Waals surface area contributed by atoms with Crippen molar-refractivity contribution in [3.05, 3.63) is 72.0 Å². The Hall–Kier alpha value is -3.28. The molecule has 4 rings (SSSR count). The highest BCUT2D eigenvalue weighted by Crippen LogP contribution is 2.39. The van der Waals surface area contributed by atoms with Crippen molar-refractivity contribution < 1.29 is 19.1 Å². The molecule has 0 spiro atoms. The fourth-order valence-corrected chi connectivity index (χ4v) is 4.26. The molecule has 1 aromatic heterocycles. The molecule has 31 heavy (non-hydrogen) atoms. The number of carbonyl (C=O) groups is 2. The van der Waals surface area contributed by atoms with Gasteiger partial charge in [-0.25, -0.2) is 4.79 Å². The number of carboxylic acid groups (broad SMARTS) is 1. The molecule has 1 saturated carbocycles. The number of fused-ring (bicyclic) bond motifs is 1. The summed E-state index contributed by atoms with van der Waals surface area (Å²) >= 11 is 0. The van der Waals surface area contributed by atoms with E-state index in [-0.39, 0.29) is 11.3 Å². The molecule has 0 radical (unpaired) electrons. The summed E-state index contributed by atoms with van der Waals surface area (Å²) in [4.78, 5) is 22.3. The Balaban J connectivity index is 0.000000401. The molecule has 0 atom stereocenters. The third-order valence-electron chi connectivity index (χ3n) is 5.84. The van der Waals surface area contributed by atoms with Crippen LogP contribution < -0.4 is 10.6 Å². The lowest BCUT2D eigenvalue weighted by molar-refractivity contribution is 0.0937. The van der Waals surface area contributed by atoms with Crippen LogP contribution >= 0.6 is 0 Å². The third kappa shape index (κ3) is 5.66. The molecule has 164 valence electrons. The van der Waals surface area contributed by atoms with Gasteiger partial charge in [0.25, 0.3) is 5.91 Å². The number of furan rings is 1. The maximum Gasteiger partial charge on any atom is 0.404 e. The normalized spacial score (nSPS) is 14.9. The Labute approximate surface area is 182 Å². The molecule has 1 aliphatic carbocycles. The average molecular weight is 423 g/mol. The molecule has 2 aromatic carbocycles. The summed E-state index contributed by atoms with van der Waals surface area (Å²) < 4.78 is 5.51. The molecular formula is C25H30N2O4. The smallest absolute Gasteiger partial charge is 0.404 e. The molecule has 1 aliphatic rings. The summed E-state index contributed by atoms with van der Waals surface area (Å²) in [5.74, 6) is -0.0542. The summed E-state index contributed by atoms with van der Waals surface area (Å²) in [5.41, 5.74) is 2.66. The van der Waals surface area contributed by atoms with E-state index in [4.69, 9.17) is 9.52 Å². The van der Waals surface area contributed by atoms with Crippen molar-refractivity contribution in [3.8, 4) is 0 Å². The van der Waals surface area contributed by atoms with Gasteiger partial charge in [0.05, 0.1) is 11.8 Å². The first kappa shape index (κ1) is 22.4. The summed E-state index contributed by atoms with van der Waals surface area (Å²) in [6, 6.07) is 18.2. The van der Waals surface area contributed by atoms with Gasteiger partial charge >= 0.3 is 6.09 Å². The fourth-order valence-electron chi connectivity index (χ4n) is 4.26. The van der Waals surface area contributed by atoms with Crippen LogP contribution in [-0.4, -0.2) is 30.2 Å². The molecule has 0 unspecified atom stereocenters. The van der Waals surface area contributed by atoms with Gasteiger partial charge in [0.2, 0.25) is 0 Å². The largest absolute Gasteiger partial charge is 0.465 e. The van der Waals surface area contributed by atoms with Crippen LogP contribution in [-0.2, 0) is 5.41 Å². The highest BCUT2D eigenvalue weighted by molar-refractivity contribution is 6.04. The zero-order chi connectivity index (χ0) is 22.1. The number of para-hydroxylation sites is 1. The van der Waals surface area contributed by atoms with Crippen molar-refractivity contribution >= 4 is 23.0 Å². The van der Waals surface area contributed by atoms with E-state index >= 15 is 0 Å². The number of hydrogen-bond donors (Lipinski definition) is 3. The van der Waals surface area contributed by atoms with Gasteiger partial charge in [-0.3, -0.25) is 4.79 Å². The first-order valence-electron chi connectivity index (χ1n) is 10.8. The number of benzene rings is 2. The van der Waals surface area contributed by atoms with E-state index in [1.54, 1.807) is 13.2 Å². The van der Waals surface area contributed by atoms with Gasteiger partial charge < -0.3 is 20.2 Å². The first-order valence-corrected chi connectivity index (χ1v) is 10.8. The third-order valence-corrected chi connectivity index (χ3v) is 5.84. The quantitative estimate of drug-likeness (QED) is 0.518. The average Bonchev–Trinajstić information content (AvgIpc) is 3.28. The van der Waals surface area contributed by atoms with Crippen LogP contribution in [0.4, 0.5) is 4.79 Å². The van der Waals surface area contributed by atoms with E-state index in [1.807, 2.05) is 24.3 Å². The second kappa shape index (κ2) is 10.7. The first-order chi connectivity index (χ1) is 15.1. The van der Waals surface area contributed by atoms with Crippen LogP contribution in [0.1, 0.15) is 54.9 Å². The van der Waals surface area contributed by atoms with Crippen molar-refractivity contribution in [1.82, 2.24) is 10.6 Å². The van der Waals surface area contributed by atoms with E-state index in [2.05, 4.69) is 41.0 Å². The van der Waals surface area contributed by atoms with E-state index in [0.717, 1.165) is 18.2 Å². The van der Waals surface area contributed by atoms with Crippen molar-refractivity contribution in [2.24, 2.45) is 0 Å². The summed E-state index contributed by atoms with van der Waals surface area (Å²) in [7, 11) is 0. The van der Waals surface area contributed by atoms with Gasteiger partial charge in [-0.2, -0.15) is 0 Å². The molecule has 6 nitrogen and oxygen atoms in total. The fraction of sp³-hybridized carbons (Fsp3) is 0.360. The minimum atomic E-state index is -0.961. The standard InChI is InChI=1S/C22H23NO2.C3H7NO2/c24-21(19-11-7-8-17-12-15-25-20(17)19)23-16-22(13-5-2-6-14-22)18-9-3-1-4-10-18;1-2-4-3(5)6/h1,3-4,7-12,15H,2,5-6,13-14,16H2,(H,23,24);4H,2H2,1H3,(H,5,6). The Morgan fingerprint density at radius 3 is 2.35 bits per heavy atom. The lowest BCUT2D eigenvalue weighted by atomic mass is 9.69. The van der Waals surface area contributed by atoms with Crippen LogP contribution in [0.3, 0.4) is 0 Å². The predicted octanol–water partition coefficient (Wildman–Crippen LogP) is 5.34. The van der Waals surface area contributed by atoms with Crippen molar-refractivity contribution in [3.63, 3.8) is 0 Å². The molecule has 0 bridgehead atoms. The highest BCUT2D eigenvalue weighted by atomic mass is 16.4. The lowest BCUT2D eigenvalue weighted by Gasteiger charge is -2.38. The van der Waals surface area contributed by atoms with E-state index < -0.39 is 6.09 Å². The van der Waals surface area contributed by atoms with E-state index in [0.29, 0.717) is 24.2 Å². The van der Waals surface area contributed by atoms with Crippen molar-refractivity contribution in [2.45, 2.75) is 44.4 Å².